The first-order valence-corrected chi connectivity index (χ1v) is 7.42. The fourth-order valence-electron chi connectivity index (χ4n) is 1.42. The highest BCUT2D eigenvalue weighted by atomic mass is 35.5. The molecule has 0 fully saturated rings. The maximum absolute atomic E-state index is 11.4. The third-order valence-corrected chi connectivity index (χ3v) is 4.52. The van der Waals surface area contributed by atoms with Crippen LogP contribution in [0.25, 0.3) is 0 Å². The number of halogens is 4. The summed E-state index contributed by atoms with van der Waals surface area (Å²) in [6.45, 7) is 0. The van der Waals surface area contributed by atoms with Crippen LogP contribution in [-0.2, 0) is 0 Å². The Hall–Kier alpha value is -0.380. The summed E-state index contributed by atoms with van der Waals surface area (Å²) in [4.78, 5) is 12.8. The van der Waals surface area contributed by atoms with Gasteiger partial charge in [-0.2, -0.15) is 0 Å². The average molecular weight is 352 g/mol. The van der Waals surface area contributed by atoms with Crippen LogP contribution < -0.4 is 0 Å². The van der Waals surface area contributed by atoms with Gasteiger partial charge in [0, 0.05) is 25.4 Å². The molecule has 98 valence electrons. The molecule has 0 heterocycles. The lowest BCUT2D eigenvalue weighted by atomic mass is 10.2. The zero-order valence-corrected chi connectivity index (χ0v) is 13.1. The zero-order valence-electron chi connectivity index (χ0n) is 9.29. The lowest BCUT2D eigenvalue weighted by Crippen LogP contribution is -1.92. The highest BCUT2D eigenvalue weighted by molar-refractivity contribution is 7.99. The minimum atomic E-state index is -0.567. The molecule has 0 saturated heterocycles. The van der Waals surface area contributed by atoms with Crippen molar-refractivity contribution in [1.29, 1.82) is 0 Å². The predicted molar refractivity (Wildman–Crippen MR) is 82.2 cm³/mol. The molecular formula is C13H6Cl4OS. The van der Waals surface area contributed by atoms with Crippen molar-refractivity contribution in [2.24, 2.45) is 0 Å². The van der Waals surface area contributed by atoms with Gasteiger partial charge in [-0.25, -0.2) is 0 Å². The second-order valence-electron chi connectivity index (χ2n) is 3.59. The average Bonchev–Trinajstić information content (AvgIpc) is 2.35. The highest BCUT2D eigenvalue weighted by Gasteiger charge is 2.13. The summed E-state index contributed by atoms with van der Waals surface area (Å²) in [7, 11) is 0. The van der Waals surface area contributed by atoms with Crippen LogP contribution in [0.4, 0.5) is 0 Å². The van der Waals surface area contributed by atoms with Gasteiger partial charge in [-0.05, 0) is 48.0 Å². The molecule has 2 aromatic carbocycles. The van der Waals surface area contributed by atoms with E-state index in [0.29, 0.717) is 25.5 Å². The fourth-order valence-corrected chi connectivity index (χ4v) is 3.26. The van der Waals surface area contributed by atoms with Crippen molar-refractivity contribution >= 4 is 63.4 Å². The Balaban J connectivity index is 2.43. The Labute approximate surface area is 134 Å². The van der Waals surface area contributed by atoms with E-state index in [1.54, 1.807) is 30.3 Å². The van der Waals surface area contributed by atoms with E-state index in [-0.39, 0.29) is 0 Å². The molecular weight excluding hydrogens is 346 g/mol. The standard InChI is InChI=1S/C13H6Cl4OS/c14-7-2-4-11(9(5-7)13(17)18)19-12-6-8(15)1-3-10(12)16/h1-6H. The molecule has 0 aliphatic carbocycles. The van der Waals surface area contributed by atoms with E-state index in [9.17, 15) is 4.79 Å². The van der Waals surface area contributed by atoms with E-state index in [1.165, 1.54) is 17.8 Å². The Bertz CT molecular complexity index is 643. The second-order valence-corrected chi connectivity index (χ2v) is 6.30. The van der Waals surface area contributed by atoms with Crippen LogP contribution in [0.3, 0.4) is 0 Å². The van der Waals surface area contributed by atoms with Gasteiger partial charge < -0.3 is 0 Å². The van der Waals surface area contributed by atoms with E-state index in [0.717, 1.165) is 4.90 Å². The molecule has 0 aromatic heterocycles. The van der Waals surface area contributed by atoms with Crippen LogP contribution >= 0.6 is 58.2 Å². The van der Waals surface area contributed by atoms with E-state index in [1.807, 2.05) is 0 Å². The van der Waals surface area contributed by atoms with Gasteiger partial charge in [0.05, 0.1) is 5.02 Å². The molecule has 0 N–H and O–H groups in total. The number of benzene rings is 2. The van der Waals surface area contributed by atoms with E-state index >= 15 is 0 Å². The van der Waals surface area contributed by atoms with Crippen molar-refractivity contribution in [3.8, 4) is 0 Å². The molecule has 0 unspecified atom stereocenters. The minimum absolute atomic E-state index is 0.343. The SMILES string of the molecule is O=C(Cl)c1cc(Cl)ccc1Sc1cc(Cl)ccc1Cl. The molecule has 0 aliphatic rings. The van der Waals surface area contributed by atoms with E-state index in [4.69, 9.17) is 46.4 Å². The maximum atomic E-state index is 11.4. The first kappa shape index (κ1) is 15.0. The number of rotatable bonds is 3. The quantitative estimate of drug-likeness (QED) is 0.614. The summed E-state index contributed by atoms with van der Waals surface area (Å²) in [5, 5.41) is 1.01. The molecule has 19 heavy (non-hydrogen) atoms. The Morgan fingerprint density at radius 1 is 0.895 bits per heavy atom. The first-order chi connectivity index (χ1) is 8.97. The molecule has 0 bridgehead atoms. The Kier molecular flexibility index (Phi) is 5.04. The van der Waals surface area contributed by atoms with Gasteiger partial charge in [-0.15, -0.1) is 0 Å². The van der Waals surface area contributed by atoms with Gasteiger partial charge in [0.2, 0.25) is 0 Å². The maximum Gasteiger partial charge on any atom is 0.253 e. The molecule has 0 amide bonds. The lowest BCUT2D eigenvalue weighted by Gasteiger charge is -2.08. The van der Waals surface area contributed by atoms with Gasteiger partial charge in [0.1, 0.15) is 0 Å². The Morgan fingerprint density at radius 2 is 1.53 bits per heavy atom. The van der Waals surface area contributed by atoms with Gasteiger partial charge >= 0.3 is 0 Å². The van der Waals surface area contributed by atoms with Crippen LogP contribution in [0.5, 0.6) is 0 Å². The van der Waals surface area contributed by atoms with Gasteiger partial charge in [0.15, 0.2) is 0 Å². The summed E-state index contributed by atoms with van der Waals surface area (Å²) < 4.78 is 0. The topological polar surface area (TPSA) is 17.1 Å². The van der Waals surface area contributed by atoms with Crippen molar-refractivity contribution < 1.29 is 4.79 Å². The van der Waals surface area contributed by atoms with Gasteiger partial charge in [0.25, 0.3) is 5.24 Å². The molecule has 6 heteroatoms. The normalized spacial score (nSPS) is 10.5. The predicted octanol–water partition coefficient (Wildman–Crippen LogP) is 6.18. The van der Waals surface area contributed by atoms with Crippen molar-refractivity contribution in [2.45, 2.75) is 9.79 Å². The molecule has 2 rings (SSSR count). The first-order valence-electron chi connectivity index (χ1n) is 5.09. The van der Waals surface area contributed by atoms with E-state index < -0.39 is 5.24 Å². The third-order valence-electron chi connectivity index (χ3n) is 2.27. The fraction of sp³-hybridized carbons (Fsp3) is 0. The molecule has 0 aliphatic heterocycles. The van der Waals surface area contributed by atoms with Crippen molar-refractivity contribution in [2.75, 3.05) is 0 Å². The largest absolute Gasteiger partial charge is 0.276 e. The van der Waals surface area contributed by atoms with Crippen LogP contribution in [0, 0.1) is 0 Å². The number of hydrogen-bond donors (Lipinski definition) is 0. The summed E-state index contributed by atoms with van der Waals surface area (Å²) >= 11 is 24.7. The van der Waals surface area contributed by atoms with Crippen molar-refractivity contribution in [1.82, 2.24) is 0 Å². The van der Waals surface area contributed by atoms with Crippen LogP contribution in [0.2, 0.25) is 15.1 Å². The Morgan fingerprint density at radius 3 is 2.21 bits per heavy atom. The molecule has 2 aromatic rings. The summed E-state index contributed by atoms with van der Waals surface area (Å²) in [5.74, 6) is 0. The molecule has 0 atom stereocenters. The van der Waals surface area contributed by atoms with Crippen LogP contribution in [0.1, 0.15) is 10.4 Å². The van der Waals surface area contributed by atoms with Crippen LogP contribution in [0.15, 0.2) is 46.2 Å². The number of carbonyl (C=O) groups excluding carboxylic acids is 1. The third kappa shape index (κ3) is 3.80. The summed E-state index contributed by atoms with van der Waals surface area (Å²) in [6, 6.07) is 10.1. The molecule has 0 radical (unpaired) electrons. The highest BCUT2D eigenvalue weighted by Crippen LogP contribution is 2.37. The summed E-state index contributed by atoms with van der Waals surface area (Å²) in [5.41, 5.74) is 0.343. The number of hydrogen-bond acceptors (Lipinski definition) is 2. The lowest BCUT2D eigenvalue weighted by molar-refractivity contribution is 0.107. The molecule has 1 nitrogen and oxygen atoms in total. The van der Waals surface area contributed by atoms with Gasteiger partial charge in [-0.1, -0.05) is 46.6 Å². The van der Waals surface area contributed by atoms with Crippen LogP contribution in [-0.4, -0.2) is 5.24 Å². The summed E-state index contributed by atoms with van der Waals surface area (Å²) in [6.07, 6.45) is 0. The molecule has 0 saturated carbocycles. The monoisotopic (exact) mass is 350 g/mol. The van der Waals surface area contributed by atoms with E-state index in [2.05, 4.69) is 0 Å². The smallest absolute Gasteiger partial charge is 0.253 e. The number of carbonyl (C=O) groups is 1. The van der Waals surface area contributed by atoms with Crippen molar-refractivity contribution in [3.05, 3.63) is 57.0 Å². The van der Waals surface area contributed by atoms with Crippen molar-refractivity contribution in [3.63, 3.8) is 0 Å². The second kappa shape index (κ2) is 6.38. The zero-order chi connectivity index (χ0) is 14.0. The van der Waals surface area contributed by atoms with Gasteiger partial charge in [-0.3, -0.25) is 4.79 Å². The minimum Gasteiger partial charge on any atom is -0.276 e. The molecule has 0 spiro atoms.